The van der Waals surface area contributed by atoms with Gasteiger partial charge in [-0.05, 0) is 78.4 Å². The quantitative estimate of drug-likeness (QED) is 0.0794. The summed E-state index contributed by atoms with van der Waals surface area (Å²) in [4.78, 5) is 52.3. The van der Waals surface area contributed by atoms with Crippen molar-refractivity contribution in [2.45, 2.75) is 10.1 Å². The van der Waals surface area contributed by atoms with Gasteiger partial charge in [0.15, 0.2) is 0 Å². The summed E-state index contributed by atoms with van der Waals surface area (Å²) in [6.07, 6.45) is 1.41. The summed E-state index contributed by atoms with van der Waals surface area (Å²) in [5, 5.41) is 17.6. The molecule has 3 amide bonds. The Balaban J connectivity index is 1.36. The second-order valence-electron chi connectivity index (χ2n) is 10.4. The maximum absolute atomic E-state index is 13.6. The molecule has 8 nitrogen and oxygen atoms in total. The van der Waals surface area contributed by atoms with Crippen LogP contribution < -0.4 is 16.0 Å². The molecule has 1 unspecified atom stereocenters. The third-order valence-electron chi connectivity index (χ3n) is 6.99. The van der Waals surface area contributed by atoms with Crippen molar-refractivity contribution in [3.05, 3.63) is 164 Å². The number of rotatable bonds is 11. The van der Waals surface area contributed by atoms with Crippen LogP contribution in [0.5, 0.6) is 0 Å². The lowest BCUT2D eigenvalue weighted by molar-refractivity contribution is -0.116. The SMILES string of the molecule is O=C(Nc1ccc(SC(C(=O)Nc2cc(C(=O)O)ccc2Cl)c2ccccc2)cc1)/C(=C/c1c(Cl)cccc1Cl)NC(=O)c1ccccc1. The fourth-order valence-electron chi connectivity index (χ4n) is 4.54. The lowest BCUT2D eigenvalue weighted by Crippen LogP contribution is -2.30. The van der Waals surface area contributed by atoms with E-state index in [0.717, 1.165) is 0 Å². The molecule has 5 aromatic rings. The fourth-order valence-corrected chi connectivity index (χ4v) is 6.24. The van der Waals surface area contributed by atoms with Crippen molar-refractivity contribution in [2.75, 3.05) is 10.6 Å². The average Bonchev–Trinajstić information content (AvgIpc) is 3.10. The summed E-state index contributed by atoms with van der Waals surface area (Å²) in [6.45, 7) is 0. The van der Waals surface area contributed by atoms with Crippen LogP contribution in [0, 0.1) is 0 Å². The van der Waals surface area contributed by atoms with Gasteiger partial charge in [-0.15, -0.1) is 11.8 Å². The van der Waals surface area contributed by atoms with E-state index >= 15 is 0 Å². The van der Waals surface area contributed by atoms with E-state index in [0.29, 0.717) is 37.3 Å². The van der Waals surface area contributed by atoms with Crippen LogP contribution in [0.25, 0.3) is 6.08 Å². The molecule has 0 fully saturated rings. The van der Waals surface area contributed by atoms with Gasteiger partial charge in [-0.1, -0.05) is 89.4 Å². The van der Waals surface area contributed by atoms with Crippen molar-refractivity contribution < 1.29 is 24.3 Å². The Hall–Kier alpha value is -5.06. The number of carbonyl (C=O) groups is 4. The molecular weight excluding hydrogens is 705 g/mol. The largest absolute Gasteiger partial charge is 0.478 e. The van der Waals surface area contributed by atoms with Gasteiger partial charge in [-0.3, -0.25) is 14.4 Å². The second kappa shape index (κ2) is 16.4. The Morgan fingerprint density at radius 1 is 0.673 bits per heavy atom. The molecule has 0 spiro atoms. The number of carboxylic acids is 1. The van der Waals surface area contributed by atoms with Gasteiger partial charge in [0, 0.05) is 31.8 Å². The van der Waals surface area contributed by atoms with Gasteiger partial charge in [0.1, 0.15) is 10.9 Å². The highest BCUT2D eigenvalue weighted by molar-refractivity contribution is 8.00. The van der Waals surface area contributed by atoms with Gasteiger partial charge < -0.3 is 21.1 Å². The van der Waals surface area contributed by atoms with E-state index in [4.69, 9.17) is 34.8 Å². The fraction of sp³-hybridized carbons (Fsp3) is 0.0270. The third-order valence-corrected chi connectivity index (χ3v) is 9.25. The minimum absolute atomic E-state index is 0.0196. The van der Waals surface area contributed by atoms with Crippen LogP contribution in [-0.4, -0.2) is 28.8 Å². The van der Waals surface area contributed by atoms with Gasteiger partial charge in [0.05, 0.1) is 16.3 Å². The first-order valence-corrected chi connectivity index (χ1v) is 16.6. The molecule has 0 aromatic heterocycles. The van der Waals surface area contributed by atoms with E-state index in [2.05, 4.69) is 16.0 Å². The van der Waals surface area contributed by atoms with Gasteiger partial charge >= 0.3 is 5.97 Å². The van der Waals surface area contributed by atoms with Crippen LogP contribution in [0.1, 0.15) is 37.1 Å². The molecule has 0 aliphatic carbocycles. The summed E-state index contributed by atoms with van der Waals surface area (Å²) in [7, 11) is 0. The number of halogens is 3. The predicted octanol–water partition coefficient (Wildman–Crippen LogP) is 9.23. The summed E-state index contributed by atoms with van der Waals surface area (Å²) in [5.41, 5.74) is 1.89. The number of anilines is 2. The third kappa shape index (κ3) is 9.31. The molecule has 4 N–H and O–H groups in total. The minimum atomic E-state index is -1.15. The van der Waals surface area contributed by atoms with Gasteiger partial charge in [0.25, 0.3) is 11.8 Å². The number of aromatic carboxylic acids is 1. The molecule has 0 aliphatic rings. The minimum Gasteiger partial charge on any atom is -0.478 e. The Kier molecular flexibility index (Phi) is 11.8. The van der Waals surface area contributed by atoms with Crippen molar-refractivity contribution in [3.63, 3.8) is 0 Å². The summed E-state index contributed by atoms with van der Waals surface area (Å²) in [5.74, 6) is -2.69. The molecule has 1 atom stereocenters. The van der Waals surface area contributed by atoms with Gasteiger partial charge in [-0.2, -0.15) is 0 Å². The van der Waals surface area contributed by atoms with Crippen LogP contribution in [0.4, 0.5) is 11.4 Å². The number of carbonyl (C=O) groups excluding carboxylic acids is 3. The van der Waals surface area contributed by atoms with Gasteiger partial charge in [-0.25, -0.2) is 4.79 Å². The van der Waals surface area contributed by atoms with Gasteiger partial charge in [0.2, 0.25) is 5.91 Å². The molecule has 0 saturated heterocycles. The number of thioether (sulfide) groups is 1. The highest BCUT2D eigenvalue weighted by Crippen LogP contribution is 2.37. The maximum Gasteiger partial charge on any atom is 0.335 e. The van der Waals surface area contributed by atoms with E-state index in [1.165, 1.54) is 36.0 Å². The highest BCUT2D eigenvalue weighted by atomic mass is 35.5. The molecule has 0 bridgehead atoms. The highest BCUT2D eigenvalue weighted by Gasteiger charge is 2.24. The Labute approximate surface area is 301 Å². The summed E-state index contributed by atoms with van der Waals surface area (Å²) < 4.78 is 0. The van der Waals surface area contributed by atoms with E-state index < -0.39 is 28.9 Å². The average molecular weight is 731 g/mol. The first-order chi connectivity index (χ1) is 23.6. The molecule has 0 radical (unpaired) electrons. The van der Waals surface area contributed by atoms with Crippen molar-refractivity contribution in [2.24, 2.45) is 0 Å². The zero-order valence-electron chi connectivity index (χ0n) is 25.3. The van der Waals surface area contributed by atoms with E-state index in [9.17, 15) is 24.3 Å². The molecule has 5 aromatic carbocycles. The van der Waals surface area contributed by atoms with E-state index in [1.54, 1.807) is 72.8 Å². The standard InChI is InChI=1S/C37H26Cl3N3O5S/c38-28-12-7-13-29(39)27(28)21-32(43-34(44)23-10-5-2-6-11-23)35(45)41-25-15-17-26(18-16-25)49-33(22-8-3-1-4-9-22)36(46)42-31-20-24(37(47)48)14-19-30(31)40/h1-21,33H,(H,41,45)(H,42,46)(H,43,44)(H,47,48)/b32-21-. The lowest BCUT2D eigenvalue weighted by atomic mass is 10.1. The molecule has 0 heterocycles. The normalized spacial score (nSPS) is 11.7. The van der Waals surface area contributed by atoms with Crippen LogP contribution in [0.3, 0.4) is 0 Å². The zero-order valence-corrected chi connectivity index (χ0v) is 28.4. The molecule has 49 heavy (non-hydrogen) atoms. The summed E-state index contributed by atoms with van der Waals surface area (Å²) >= 11 is 20.2. The van der Waals surface area contributed by atoms with Crippen LogP contribution in [0.2, 0.25) is 15.1 Å². The number of amides is 3. The Morgan fingerprint density at radius 3 is 1.94 bits per heavy atom. The topological polar surface area (TPSA) is 125 Å². The first kappa shape index (κ1) is 35.3. The molecule has 12 heteroatoms. The van der Waals surface area contributed by atoms with Crippen molar-refractivity contribution >= 4 is 87.7 Å². The Bertz CT molecular complexity index is 2020. The van der Waals surface area contributed by atoms with Crippen molar-refractivity contribution in [3.8, 4) is 0 Å². The maximum atomic E-state index is 13.6. The van der Waals surface area contributed by atoms with Crippen molar-refractivity contribution in [1.82, 2.24) is 5.32 Å². The molecule has 0 aliphatic heterocycles. The van der Waals surface area contributed by atoms with E-state index in [-0.39, 0.29) is 22.0 Å². The predicted molar refractivity (Wildman–Crippen MR) is 195 cm³/mol. The number of benzene rings is 5. The van der Waals surface area contributed by atoms with Crippen molar-refractivity contribution in [1.29, 1.82) is 0 Å². The number of hydrogen-bond acceptors (Lipinski definition) is 5. The van der Waals surface area contributed by atoms with Crippen LogP contribution in [0.15, 0.2) is 132 Å². The molecular formula is C37H26Cl3N3O5S. The number of nitrogens with one attached hydrogen (secondary N) is 3. The number of hydrogen-bond donors (Lipinski definition) is 4. The number of carboxylic acid groups (broad SMARTS) is 1. The summed E-state index contributed by atoms with van der Waals surface area (Å²) in [6, 6.07) is 33.3. The van der Waals surface area contributed by atoms with E-state index in [1.807, 2.05) is 30.3 Å². The smallest absolute Gasteiger partial charge is 0.335 e. The molecule has 246 valence electrons. The zero-order chi connectivity index (χ0) is 34.9. The first-order valence-electron chi connectivity index (χ1n) is 14.6. The van der Waals surface area contributed by atoms with Crippen LogP contribution >= 0.6 is 46.6 Å². The molecule has 5 rings (SSSR count). The monoisotopic (exact) mass is 729 g/mol. The lowest BCUT2D eigenvalue weighted by Gasteiger charge is -2.18. The second-order valence-corrected chi connectivity index (χ2v) is 12.8. The van der Waals surface area contributed by atoms with Crippen LogP contribution in [-0.2, 0) is 9.59 Å². The Morgan fingerprint density at radius 2 is 1.31 bits per heavy atom. The molecule has 0 saturated carbocycles.